The third kappa shape index (κ3) is 4.16. The first kappa shape index (κ1) is 21.0. The summed E-state index contributed by atoms with van der Waals surface area (Å²) in [5.74, 6) is 0.587. The molecule has 160 valence electrons. The summed E-state index contributed by atoms with van der Waals surface area (Å²) in [7, 11) is 0. The van der Waals surface area contributed by atoms with E-state index in [4.69, 9.17) is 11.6 Å². The fourth-order valence-corrected chi connectivity index (χ4v) is 4.07. The van der Waals surface area contributed by atoms with E-state index in [-0.39, 0.29) is 5.69 Å². The summed E-state index contributed by atoms with van der Waals surface area (Å²) >= 11 is 6.54. The van der Waals surface area contributed by atoms with Crippen molar-refractivity contribution in [1.82, 2.24) is 34.7 Å². The van der Waals surface area contributed by atoms with Gasteiger partial charge in [-0.3, -0.25) is 14.1 Å². The number of benzene rings is 1. The zero-order chi connectivity index (χ0) is 21.8. The number of hydrogen-bond donors (Lipinski definition) is 1. The number of pyridine rings is 1. The number of H-pyrrole nitrogens is 1. The lowest BCUT2D eigenvalue weighted by Gasteiger charge is -2.09. The number of aromatic amines is 1. The van der Waals surface area contributed by atoms with Crippen LogP contribution in [0.4, 0.5) is 0 Å². The van der Waals surface area contributed by atoms with E-state index in [0.29, 0.717) is 24.1 Å². The molecule has 4 aromatic rings. The van der Waals surface area contributed by atoms with Crippen molar-refractivity contribution in [2.24, 2.45) is 0 Å². The smallest absolute Gasteiger partial charge is 0.290 e. The molecule has 8 nitrogen and oxygen atoms in total. The Morgan fingerprint density at radius 3 is 2.48 bits per heavy atom. The fourth-order valence-electron chi connectivity index (χ4n) is 3.71. The van der Waals surface area contributed by atoms with Crippen molar-refractivity contribution in [2.45, 2.75) is 46.2 Å². The molecular formula is C22H24ClN7O. The number of aromatic nitrogens is 7. The molecule has 0 saturated heterocycles. The van der Waals surface area contributed by atoms with Crippen LogP contribution in [0.15, 0.2) is 47.4 Å². The molecule has 1 aromatic carbocycles. The van der Waals surface area contributed by atoms with Gasteiger partial charge in [0.2, 0.25) is 0 Å². The van der Waals surface area contributed by atoms with E-state index < -0.39 is 0 Å². The van der Waals surface area contributed by atoms with Gasteiger partial charge in [0.25, 0.3) is 0 Å². The van der Waals surface area contributed by atoms with Crippen LogP contribution in [0.2, 0.25) is 5.15 Å². The van der Waals surface area contributed by atoms with Crippen LogP contribution in [0.25, 0.3) is 22.6 Å². The number of nitrogens with zero attached hydrogens (tertiary/aromatic N) is 6. The molecule has 1 N–H and O–H groups in total. The van der Waals surface area contributed by atoms with Gasteiger partial charge in [-0.2, -0.15) is 0 Å². The maximum atomic E-state index is 12.9. The molecule has 0 aliphatic rings. The topological polar surface area (TPSA) is 94.3 Å². The van der Waals surface area contributed by atoms with Crippen molar-refractivity contribution in [1.29, 1.82) is 0 Å². The molecular weight excluding hydrogens is 414 g/mol. The number of rotatable bonds is 8. The molecule has 0 saturated carbocycles. The quantitative estimate of drug-likeness (QED) is 0.450. The summed E-state index contributed by atoms with van der Waals surface area (Å²) in [6.45, 7) is 5.17. The van der Waals surface area contributed by atoms with Crippen LogP contribution in [0.1, 0.15) is 37.9 Å². The van der Waals surface area contributed by atoms with Crippen molar-refractivity contribution in [3.8, 4) is 22.6 Å². The maximum absolute atomic E-state index is 12.9. The number of halogens is 1. The highest BCUT2D eigenvalue weighted by atomic mass is 35.5. The van der Waals surface area contributed by atoms with Gasteiger partial charge in [-0.15, -0.1) is 5.10 Å². The first-order valence-electron chi connectivity index (χ1n) is 10.4. The van der Waals surface area contributed by atoms with Crippen LogP contribution in [-0.2, 0) is 19.5 Å². The molecule has 0 unspecified atom stereocenters. The van der Waals surface area contributed by atoms with Crippen LogP contribution in [0.3, 0.4) is 0 Å². The van der Waals surface area contributed by atoms with Crippen LogP contribution >= 0.6 is 11.6 Å². The Labute approximate surface area is 184 Å². The monoisotopic (exact) mass is 437 g/mol. The van der Waals surface area contributed by atoms with Gasteiger partial charge in [-0.1, -0.05) is 62.2 Å². The molecule has 4 rings (SSSR count). The first-order chi connectivity index (χ1) is 15.1. The highest BCUT2D eigenvalue weighted by Gasteiger charge is 2.18. The van der Waals surface area contributed by atoms with Gasteiger partial charge in [0.1, 0.15) is 5.15 Å². The fraction of sp³-hybridized carbons (Fsp3) is 0.318. The summed E-state index contributed by atoms with van der Waals surface area (Å²) in [6, 6.07) is 11.8. The third-order valence-corrected chi connectivity index (χ3v) is 5.59. The van der Waals surface area contributed by atoms with Crippen LogP contribution in [0.5, 0.6) is 0 Å². The zero-order valence-corrected chi connectivity index (χ0v) is 18.3. The second kappa shape index (κ2) is 9.26. The lowest BCUT2D eigenvalue weighted by molar-refractivity contribution is 0.619. The first-order valence-corrected chi connectivity index (χ1v) is 10.8. The molecule has 0 bridgehead atoms. The summed E-state index contributed by atoms with van der Waals surface area (Å²) in [4.78, 5) is 17.6. The SMILES string of the molecule is CCCc1c(Cl)n(CCC)c(=O)n1Cc1ccc(-c2ccccc2-c2nnn[nH]2)nc1. The molecule has 0 aliphatic carbocycles. The number of hydrogen-bond acceptors (Lipinski definition) is 5. The van der Waals surface area contributed by atoms with Crippen molar-refractivity contribution in [3.63, 3.8) is 0 Å². The van der Waals surface area contributed by atoms with Gasteiger partial charge >= 0.3 is 5.69 Å². The van der Waals surface area contributed by atoms with Crippen LogP contribution < -0.4 is 5.69 Å². The lowest BCUT2D eigenvalue weighted by Crippen LogP contribution is -2.25. The minimum absolute atomic E-state index is 0.0671. The number of tetrazole rings is 1. The predicted molar refractivity (Wildman–Crippen MR) is 120 cm³/mol. The normalized spacial score (nSPS) is 11.2. The van der Waals surface area contributed by atoms with E-state index in [0.717, 1.165) is 47.3 Å². The van der Waals surface area contributed by atoms with Gasteiger partial charge in [-0.25, -0.2) is 9.89 Å². The van der Waals surface area contributed by atoms with Gasteiger partial charge < -0.3 is 0 Å². The standard InChI is InChI=1S/C22H24ClN7O/c1-3-7-19-20(23)29(12-4-2)22(31)30(19)14-15-10-11-18(24-13-15)16-8-5-6-9-17(16)21-25-27-28-26-21/h5-6,8-11,13H,3-4,7,12,14H2,1-2H3,(H,25,26,27,28). The summed E-state index contributed by atoms with van der Waals surface area (Å²) in [5, 5.41) is 14.7. The molecule has 0 atom stereocenters. The molecule has 9 heteroatoms. The Morgan fingerprint density at radius 2 is 1.84 bits per heavy atom. The van der Waals surface area contributed by atoms with E-state index in [1.54, 1.807) is 15.3 Å². The highest BCUT2D eigenvalue weighted by Crippen LogP contribution is 2.28. The summed E-state index contributed by atoms with van der Waals surface area (Å²) < 4.78 is 3.43. The minimum atomic E-state index is -0.0671. The highest BCUT2D eigenvalue weighted by molar-refractivity contribution is 6.30. The maximum Gasteiger partial charge on any atom is 0.329 e. The molecule has 0 radical (unpaired) electrons. The van der Waals surface area contributed by atoms with Gasteiger partial charge in [0.05, 0.1) is 17.9 Å². The van der Waals surface area contributed by atoms with E-state index in [2.05, 4.69) is 32.5 Å². The Balaban J connectivity index is 1.66. The molecule has 31 heavy (non-hydrogen) atoms. The third-order valence-electron chi connectivity index (χ3n) is 5.17. The molecule has 0 spiro atoms. The van der Waals surface area contributed by atoms with E-state index in [9.17, 15) is 4.79 Å². The molecule has 3 heterocycles. The minimum Gasteiger partial charge on any atom is -0.290 e. The van der Waals surface area contributed by atoms with Crippen molar-refractivity contribution < 1.29 is 0 Å². The number of imidazole rings is 1. The average molecular weight is 438 g/mol. The van der Waals surface area contributed by atoms with Gasteiger partial charge in [0.15, 0.2) is 5.82 Å². The average Bonchev–Trinajstić information content (AvgIpc) is 3.40. The van der Waals surface area contributed by atoms with Crippen LogP contribution in [-0.4, -0.2) is 34.7 Å². The molecule has 0 fully saturated rings. The van der Waals surface area contributed by atoms with Gasteiger partial charge in [0, 0.05) is 23.9 Å². The summed E-state index contributed by atoms with van der Waals surface area (Å²) in [5.41, 5.74) is 4.36. The Bertz CT molecular complexity index is 1210. The summed E-state index contributed by atoms with van der Waals surface area (Å²) in [6.07, 6.45) is 4.33. The number of nitrogens with one attached hydrogen (secondary N) is 1. The Kier molecular flexibility index (Phi) is 6.27. The van der Waals surface area contributed by atoms with Crippen molar-refractivity contribution in [3.05, 3.63) is 69.5 Å². The largest absolute Gasteiger partial charge is 0.329 e. The second-order valence-corrected chi connectivity index (χ2v) is 7.71. The zero-order valence-electron chi connectivity index (χ0n) is 17.5. The second-order valence-electron chi connectivity index (χ2n) is 7.35. The molecule has 0 aliphatic heterocycles. The molecule has 0 amide bonds. The molecule has 3 aromatic heterocycles. The predicted octanol–water partition coefficient (Wildman–Crippen LogP) is 3.96. The van der Waals surface area contributed by atoms with E-state index in [1.165, 1.54) is 0 Å². The van der Waals surface area contributed by atoms with Crippen LogP contribution in [0, 0.1) is 0 Å². The van der Waals surface area contributed by atoms with Crippen molar-refractivity contribution in [2.75, 3.05) is 0 Å². The Hall–Kier alpha value is -3.26. The van der Waals surface area contributed by atoms with Gasteiger partial charge in [-0.05, 0) is 34.9 Å². The van der Waals surface area contributed by atoms with E-state index >= 15 is 0 Å². The lowest BCUT2D eigenvalue weighted by atomic mass is 10.0. The van der Waals surface area contributed by atoms with Crippen molar-refractivity contribution >= 4 is 11.6 Å². The Morgan fingerprint density at radius 1 is 1.03 bits per heavy atom. The van der Waals surface area contributed by atoms with E-state index in [1.807, 2.05) is 43.3 Å².